The van der Waals surface area contributed by atoms with Gasteiger partial charge in [0.15, 0.2) is 0 Å². The molecule has 0 saturated heterocycles. The van der Waals surface area contributed by atoms with E-state index in [-0.39, 0.29) is 5.56 Å². The maximum atomic E-state index is 13.0. The van der Waals surface area contributed by atoms with Gasteiger partial charge in [0.1, 0.15) is 0 Å². The van der Waals surface area contributed by atoms with E-state index in [9.17, 15) is 18.0 Å². The van der Waals surface area contributed by atoms with Gasteiger partial charge in [0.05, 0.1) is 11.1 Å². The summed E-state index contributed by atoms with van der Waals surface area (Å²) in [5, 5.41) is 8.76. The summed E-state index contributed by atoms with van der Waals surface area (Å²) in [5.74, 6) is -1.40. The topological polar surface area (TPSA) is 50.2 Å². The van der Waals surface area contributed by atoms with Crippen LogP contribution in [0.1, 0.15) is 15.9 Å². The van der Waals surface area contributed by atoms with Crippen molar-refractivity contribution in [3.05, 3.63) is 53.9 Å². The van der Waals surface area contributed by atoms with Crippen molar-refractivity contribution in [2.45, 2.75) is 6.18 Å². The van der Waals surface area contributed by atoms with Gasteiger partial charge in [-0.05, 0) is 35.4 Å². The standard InChI is InChI=1S/C13H8F3NO2/c14-13(15,16)11-7-9(12(18)19)1-2-10(11)8-3-5-17-6-4-8/h1-7H,(H,18,19). The third-order valence-corrected chi connectivity index (χ3v) is 2.56. The second kappa shape index (κ2) is 4.72. The van der Waals surface area contributed by atoms with Gasteiger partial charge in [0, 0.05) is 12.4 Å². The molecule has 0 radical (unpaired) electrons. The Morgan fingerprint density at radius 2 is 1.74 bits per heavy atom. The van der Waals surface area contributed by atoms with E-state index in [0.717, 1.165) is 12.1 Å². The SMILES string of the molecule is O=C(O)c1ccc(-c2ccncc2)c(C(F)(F)F)c1. The van der Waals surface area contributed by atoms with Crippen LogP contribution in [0.4, 0.5) is 13.2 Å². The molecule has 1 aromatic carbocycles. The number of benzene rings is 1. The second-order valence-electron chi connectivity index (χ2n) is 3.80. The fourth-order valence-corrected chi connectivity index (χ4v) is 1.70. The number of alkyl halides is 3. The van der Waals surface area contributed by atoms with Crippen LogP contribution in [-0.4, -0.2) is 16.1 Å². The number of halogens is 3. The monoisotopic (exact) mass is 267 g/mol. The van der Waals surface area contributed by atoms with E-state index >= 15 is 0 Å². The van der Waals surface area contributed by atoms with Crippen molar-refractivity contribution < 1.29 is 23.1 Å². The molecular weight excluding hydrogens is 259 g/mol. The van der Waals surface area contributed by atoms with Gasteiger partial charge in [0.25, 0.3) is 0 Å². The highest BCUT2D eigenvalue weighted by Gasteiger charge is 2.34. The number of nitrogens with zero attached hydrogens (tertiary/aromatic N) is 1. The maximum absolute atomic E-state index is 13.0. The van der Waals surface area contributed by atoms with Crippen LogP contribution in [0.25, 0.3) is 11.1 Å². The molecule has 19 heavy (non-hydrogen) atoms. The molecule has 98 valence electrons. The van der Waals surface area contributed by atoms with E-state index in [4.69, 9.17) is 5.11 Å². The van der Waals surface area contributed by atoms with Gasteiger partial charge in [-0.1, -0.05) is 6.07 Å². The average Bonchev–Trinajstić information content (AvgIpc) is 2.38. The van der Waals surface area contributed by atoms with Gasteiger partial charge in [-0.2, -0.15) is 13.2 Å². The van der Waals surface area contributed by atoms with E-state index in [1.165, 1.54) is 24.5 Å². The Kier molecular flexibility index (Phi) is 3.25. The fourth-order valence-electron chi connectivity index (χ4n) is 1.70. The zero-order chi connectivity index (χ0) is 14.0. The van der Waals surface area contributed by atoms with Gasteiger partial charge in [-0.15, -0.1) is 0 Å². The number of pyridine rings is 1. The predicted octanol–water partition coefficient (Wildman–Crippen LogP) is 3.47. The van der Waals surface area contributed by atoms with Crippen molar-refractivity contribution in [2.75, 3.05) is 0 Å². The van der Waals surface area contributed by atoms with Crippen LogP contribution in [0, 0.1) is 0 Å². The van der Waals surface area contributed by atoms with Crippen LogP contribution in [0.2, 0.25) is 0 Å². The highest BCUT2D eigenvalue weighted by Crippen LogP contribution is 2.37. The Labute approximate surface area is 106 Å². The summed E-state index contributed by atoms with van der Waals surface area (Å²) in [5.41, 5.74) is -1.11. The Morgan fingerprint density at radius 3 is 2.26 bits per heavy atom. The third kappa shape index (κ3) is 2.73. The number of carboxylic acid groups (broad SMARTS) is 1. The Balaban J connectivity index is 2.65. The van der Waals surface area contributed by atoms with Gasteiger partial charge in [0.2, 0.25) is 0 Å². The van der Waals surface area contributed by atoms with E-state index in [2.05, 4.69) is 4.98 Å². The van der Waals surface area contributed by atoms with Crippen LogP contribution in [-0.2, 0) is 6.18 Å². The molecule has 6 heteroatoms. The molecule has 0 bridgehead atoms. The number of rotatable bonds is 2. The molecule has 0 aliphatic rings. The summed E-state index contributed by atoms with van der Waals surface area (Å²) < 4.78 is 38.9. The van der Waals surface area contributed by atoms with Crippen LogP contribution in [0.15, 0.2) is 42.7 Å². The van der Waals surface area contributed by atoms with E-state index in [1.807, 2.05) is 0 Å². The van der Waals surface area contributed by atoms with Gasteiger partial charge in [-0.25, -0.2) is 4.79 Å². The van der Waals surface area contributed by atoms with Crippen LogP contribution in [0.3, 0.4) is 0 Å². The quantitative estimate of drug-likeness (QED) is 0.906. The highest BCUT2D eigenvalue weighted by molar-refractivity contribution is 5.89. The van der Waals surface area contributed by atoms with Crippen molar-refractivity contribution in [3.8, 4) is 11.1 Å². The summed E-state index contributed by atoms with van der Waals surface area (Å²) in [6.45, 7) is 0. The molecule has 0 aliphatic carbocycles. The molecule has 1 heterocycles. The summed E-state index contributed by atoms with van der Waals surface area (Å²) in [6.07, 6.45) is -1.87. The van der Waals surface area contributed by atoms with Crippen molar-refractivity contribution in [3.63, 3.8) is 0 Å². The molecular formula is C13H8F3NO2. The molecule has 2 aromatic rings. The molecule has 0 atom stereocenters. The molecule has 0 amide bonds. The predicted molar refractivity (Wildman–Crippen MR) is 61.6 cm³/mol. The fraction of sp³-hybridized carbons (Fsp3) is 0.0769. The van der Waals surface area contributed by atoms with Crippen LogP contribution >= 0.6 is 0 Å². The number of hydrogen-bond donors (Lipinski definition) is 1. The number of aromatic nitrogens is 1. The molecule has 0 saturated carbocycles. The molecule has 0 spiro atoms. The Hall–Kier alpha value is -2.37. The second-order valence-corrected chi connectivity index (χ2v) is 3.80. The van der Waals surface area contributed by atoms with Crippen molar-refractivity contribution >= 4 is 5.97 Å². The number of hydrogen-bond acceptors (Lipinski definition) is 2. The van der Waals surface area contributed by atoms with Crippen molar-refractivity contribution in [1.29, 1.82) is 0 Å². The summed E-state index contributed by atoms with van der Waals surface area (Å²) in [6, 6.07) is 5.81. The molecule has 3 nitrogen and oxygen atoms in total. The zero-order valence-corrected chi connectivity index (χ0v) is 9.48. The number of carboxylic acids is 1. The van der Waals surface area contributed by atoms with E-state index < -0.39 is 23.3 Å². The zero-order valence-electron chi connectivity index (χ0n) is 9.48. The lowest BCUT2D eigenvalue weighted by Crippen LogP contribution is -2.09. The van der Waals surface area contributed by atoms with Crippen LogP contribution in [0.5, 0.6) is 0 Å². The van der Waals surface area contributed by atoms with Gasteiger partial charge < -0.3 is 5.11 Å². The van der Waals surface area contributed by atoms with Gasteiger partial charge >= 0.3 is 12.1 Å². The molecule has 1 N–H and O–H groups in total. The highest BCUT2D eigenvalue weighted by atomic mass is 19.4. The summed E-state index contributed by atoms with van der Waals surface area (Å²) in [4.78, 5) is 14.5. The Bertz CT molecular complexity index is 609. The summed E-state index contributed by atoms with van der Waals surface area (Å²) in [7, 11) is 0. The van der Waals surface area contributed by atoms with E-state index in [1.54, 1.807) is 0 Å². The molecule has 0 fully saturated rings. The molecule has 2 rings (SSSR count). The molecule has 0 unspecified atom stereocenters. The third-order valence-electron chi connectivity index (χ3n) is 2.56. The first-order valence-corrected chi connectivity index (χ1v) is 5.24. The minimum Gasteiger partial charge on any atom is -0.478 e. The molecule has 1 aromatic heterocycles. The number of carbonyl (C=O) groups is 1. The Morgan fingerprint density at radius 1 is 1.11 bits per heavy atom. The lowest BCUT2D eigenvalue weighted by atomic mass is 9.98. The first kappa shape index (κ1) is 13.1. The van der Waals surface area contributed by atoms with Crippen molar-refractivity contribution in [1.82, 2.24) is 4.98 Å². The first-order chi connectivity index (χ1) is 8.89. The van der Waals surface area contributed by atoms with E-state index in [0.29, 0.717) is 11.6 Å². The maximum Gasteiger partial charge on any atom is 0.417 e. The first-order valence-electron chi connectivity index (χ1n) is 5.24. The van der Waals surface area contributed by atoms with Gasteiger partial charge in [-0.3, -0.25) is 4.98 Å². The minimum absolute atomic E-state index is 0.0695. The number of aromatic carboxylic acids is 1. The summed E-state index contributed by atoms with van der Waals surface area (Å²) >= 11 is 0. The average molecular weight is 267 g/mol. The normalized spacial score (nSPS) is 11.3. The molecule has 0 aliphatic heterocycles. The smallest absolute Gasteiger partial charge is 0.417 e. The largest absolute Gasteiger partial charge is 0.478 e. The minimum atomic E-state index is -4.62. The lowest BCUT2D eigenvalue weighted by molar-refractivity contribution is -0.137. The van der Waals surface area contributed by atoms with Crippen molar-refractivity contribution in [2.24, 2.45) is 0 Å². The lowest BCUT2D eigenvalue weighted by Gasteiger charge is -2.13. The van der Waals surface area contributed by atoms with Crippen LogP contribution < -0.4 is 0 Å².